The molecule has 0 saturated heterocycles. The molecular formula is C21H26F3NO4S. The number of aromatic amines is 1. The third kappa shape index (κ3) is 2.96. The van der Waals surface area contributed by atoms with Crippen LogP contribution in [0, 0.1) is 11.3 Å². The van der Waals surface area contributed by atoms with Gasteiger partial charge in [0.1, 0.15) is 4.90 Å². The third-order valence-corrected chi connectivity index (χ3v) is 8.24. The van der Waals surface area contributed by atoms with Crippen LogP contribution in [0.25, 0.3) is 10.9 Å². The summed E-state index contributed by atoms with van der Waals surface area (Å²) in [6.45, 7) is 6.16. The third-order valence-electron chi connectivity index (χ3n) is 7.50. The summed E-state index contributed by atoms with van der Waals surface area (Å²) in [5.74, 6) is -3.19. The first-order chi connectivity index (χ1) is 13.8. The number of benzene rings is 1. The summed E-state index contributed by atoms with van der Waals surface area (Å²) in [7, 11) is 0. The fourth-order valence-corrected chi connectivity index (χ4v) is 6.89. The van der Waals surface area contributed by atoms with Crippen molar-refractivity contribution in [2.45, 2.75) is 75.3 Å². The maximum atomic E-state index is 14.1. The molecule has 0 bridgehead atoms. The molecule has 9 heteroatoms. The van der Waals surface area contributed by atoms with E-state index in [4.69, 9.17) is 0 Å². The summed E-state index contributed by atoms with van der Waals surface area (Å²) in [6.07, 6.45) is -1.70. The lowest BCUT2D eigenvalue weighted by Gasteiger charge is -2.51. The number of phenols is 2. The van der Waals surface area contributed by atoms with Crippen LogP contribution in [0.15, 0.2) is 11.0 Å². The van der Waals surface area contributed by atoms with E-state index in [0.29, 0.717) is 18.4 Å². The lowest BCUT2D eigenvalue weighted by Crippen LogP contribution is -2.44. The Bertz CT molecular complexity index is 1050. The van der Waals surface area contributed by atoms with Gasteiger partial charge in [-0.05, 0) is 54.1 Å². The molecule has 166 valence electrons. The molecule has 1 aromatic carbocycles. The molecule has 1 aromatic heterocycles. The molecule has 1 fully saturated rings. The molecular weight excluding hydrogens is 419 g/mol. The first-order valence-electron chi connectivity index (χ1n) is 10.1. The number of hydrogen-bond donors (Lipinski definition) is 4. The minimum Gasteiger partial charge on any atom is -0.504 e. The lowest BCUT2D eigenvalue weighted by atomic mass is 9.53. The molecule has 1 heterocycles. The van der Waals surface area contributed by atoms with Crippen molar-refractivity contribution in [3.05, 3.63) is 17.3 Å². The largest absolute Gasteiger partial charge is 0.504 e. The first-order valence-corrected chi connectivity index (χ1v) is 11.2. The monoisotopic (exact) mass is 445 g/mol. The number of fused-ring (bicyclic) bond motifs is 5. The molecule has 0 radical (unpaired) electrons. The summed E-state index contributed by atoms with van der Waals surface area (Å²) in [5.41, 5.74) is -0.354. The zero-order valence-electron chi connectivity index (χ0n) is 17.1. The molecule has 4 atom stereocenters. The van der Waals surface area contributed by atoms with Crippen LogP contribution in [0.4, 0.5) is 13.2 Å². The van der Waals surface area contributed by atoms with E-state index >= 15 is 0 Å². The Morgan fingerprint density at radius 3 is 2.43 bits per heavy atom. The van der Waals surface area contributed by atoms with Gasteiger partial charge in [-0.25, -0.2) is 4.21 Å². The van der Waals surface area contributed by atoms with Crippen LogP contribution in [0.2, 0.25) is 0 Å². The maximum absolute atomic E-state index is 14.1. The molecule has 0 aliphatic heterocycles. The molecule has 4 N–H and O–H groups in total. The first kappa shape index (κ1) is 21.5. The van der Waals surface area contributed by atoms with Crippen molar-refractivity contribution in [3.8, 4) is 11.5 Å². The topological polar surface area (TPSA) is 93.6 Å². The zero-order valence-corrected chi connectivity index (χ0v) is 17.9. The predicted octanol–water partition coefficient (Wildman–Crippen LogP) is 5.68. The molecule has 2 unspecified atom stereocenters. The van der Waals surface area contributed by atoms with Gasteiger partial charge in [0.05, 0.1) is 11.4 Å². The highest BCUT2D eigenvalue weighted by Gasteiger charge is 2.55. The smallest absolute Gasteiger partial charge is 0.397 e. The Balaban J connectivity index is 2.13. The quantitative estimate of drug-likeness (QED) is 0.335. The Labute approximate surface area is 175 Å². The van der Waals surface area contributed by atoms with Crippen LogP contribution in [0.1, 0.15) is 70.1 Å². The van der Waals surface area contributed by atoms with Gasteiger partial charge in [0.2, 0.25) is 0 Å². The summed E-state index contributed by atoms with van der Waals surface area (Å²) in [4.78, 5) is 2.28. The molecule has 2 aliphatic rings. The number of halogens is 3. The molecule has 1 saturated carbocycles. The van der Waals surface area contributed by atoms with Gasteiger partial charge >= 0.3 is 6.18 Å². The average molecular weight is 446 g/mol. The van der Waals surface area contributed by atoms with E-state index in [0.717, 1.165) is 12.8 Å². The van der Waals surface area contributed by atoms with E-state index in [-0.39, 0.29) is 34.4 Å². The predicted molar refractivity (Wildman–Crippen MR) is 107 cm³/mol. The van der Waals surface area contributed by atoms with Gasteiger partial charge in [0.15, 0.2) is 22.6 Å². The number of aromatic hydroxyl groups is 2. The van der Waals surface area contributed by atoms with E-state index in [9.17, 15) is 32.1 Å². The van der Waals surface area contributed by atoms with E-state index < -0.39 is 45.0 Å². The van der Waals surface area contributed by atoms with Gasteiger partial charge in [0, 0.05) is 11.1 Å². The van der Waals surface area contributed by atoms with E-state index in [1.165, 1.54) is 6.07 Å². The SMILES string of the molecule is CC1(C)CCC[C@@]2(C)c3c([nH]c4c(S(=O)O)c(O)c(O)cc34)C(C(F)(F)F)CC[C@H]12. The van der Waals surface area contributed by atoms with Gasteiger partial charge in [-0.3, -0.25) is 0 Å². The number of rotatable bonds is 1. The van der Waals surface area contributed by atoms with Gasteiger partial charge in [0.25, 0.3) is 0 Å². The number of nitrogens with one attached hydrogen (secondary N) is 1. The number of alkyl halides is 3. The normalized spacial score (nSPS) is 29.8. The summed E-state index contributed by atoms with van der Waals surface area (Å²) in [5, 5.41) is 20.6. The van der Waals surface area contributed by atoms with Crippen LogP contribution in [-0.2, 0) is 16.5 Å². The Kier molecular flexibility index (Phi) is 4.75. The van der Waals surface area contributed by atoms with Gasteiger partial charge in [-0.2, -0.15) is 13.2 Å². The van der Waals surface area contributed by atoms with Crippen LogP contribution in [0.3, 0.4) is 0 Å². The number of hydrogen-bond acceptors (Lipinski definition) is 3. The van der Waals surface area contributed by atoms with Gasteiger partial charge in [-0.15, -0.1) is 0 Å². The van der Waals surface area contributed by atoms with Crippen molar-refractivity contribution in [1.82, 2.24) is 4.98 Å². The second-order valence-corrected chi connectivity index (χ2v) is 10.5. The van der Waals surface area contributed by atoms with Crippen LogP contribution < -0.4 is 0 Å². The number of phenolic OH excluding ortho intramolecular Hbond substituents is 2. The van der Waals surface area contributed by atoms with Crippen molar-refractivity contribution in [3.63, 3.8) is 0 Å². The highest BCUT2D eigenvalue weighted by molar-refractivity contribution is 7.79. The van der Waals surface area contributed by atoms with Crippen molar-refractivity contribution in [1.29, 1.82) is 0 Å². The van der Waals surface area contributed by atoms with Crippen molar-refractivity contribution < 1.29 is 32.1 Å². The van der Waals surface area contributed by atoms with Crippen LogP contribution in [0.5, 0.6) is 11.5 Å². The second-order valence-electron chi connectivity index (χ2n) is 9.64. The average Bonchev–Trinajstić information content (AvgIpc) is 2.88. The Morgan fingerprint density at radius 1 is 1.17 bits per heavy atom. The zero-order chi connectivity index (χ0) is 22.2. The van der Waals surface area contributed by atoms with Gasteiger partial charge in [-0.1, -0.05) is 27.2 Å². The Morgan fingerprint density at radius 2 is 1.83 bits per heavy atom. The Hall–Kier alpha value is -1.74. The minimum atomic E-state index is -4.49. The highest BCUT2D eigenvalue weighted by Crippen LogP contribution is 2.61. The minimum absolute atomic E-state index is 0.0168. The summed E-state index contributed by atoms with van der Waals surface area (Å²) in [6, 6.07) is 1.22. The van der Waals surface area contributed by atoms with Crippen molar-refractivity contribution >= 4 is 22.0 Å². The fraction of sp³-hybridized carbons (Fsp3) is 0.619. The van der Waals surface area contributed by atoms with Crippen LogP contribution in [-0.4, -0.2) is 30.1 Å². The lowest BCUT2D eigenvalue weighted by molar-refractivity contribution is -0.153. The molecule has 0 amide bonds. The molecule has 5 nitrogen and oxygen atoms in total. The van der Waals surface area contributed by atoms with E-state index in [2.05, 4.69) is 18.8 Å². The molecule has 30 heavy (non-hydrogen) atoms. The van der Waals surface area contributed by atoms with Gasteiger partial charge < -0.3 is 19.7 Å². The summed E-state index contributed by atoms with van der Waals surface area (Å²) < 4.78 is 64.0. The number of aromatic nitrogens is 1. The van der Waals surface area contributed by atoms with E-state index in [1.807, 2.05) is 6.92 Å². The fourth-order valence-electron chi connectivity index (χ4n) is 6.28. The van der Waals surface area contributed by atoms with Crippen molar-refractivity contribution in [2.24, 2.45) is 11.3 Å². The standard InChI is InChI=1S/C21H26F3NO4S/c1-19(2)7-4-8-20(3)13(19)6-5-11(21(22,23)24)16-14(20)10-9-12(26)17(27)18(30(28)29)15(10)25-16/h9,11,13,25-27H,4-8H2,1-3H3,(H,28,29)/t11?,13-,20-/m1/s1. The second kappa shape index (κ2) is 6.63. The van der Waals surface area contributed by atoms with Crippen LogP contribution >= 0.6 is 0 Å². The molecule has 4 rings (SSSR count). The molecule has 2 aromatic rings. The highest BCUT2D eigenvalue weighted by atomic mass is 32.2. The summed E-state index contributed by atoms with van der Waals surface area (Å²) >= 11 is -2.70. The number of H-pyrrole nitrogens is 1. The van der Waals surface area contributed by atoms with Crippen molar-refractivity contribution in [2.75, 3.05) is 0 Å². The molecule has 2 aliphatic carbocycles. The van der Waals surface area contributed by atoms with E-state index in [1.54, 1.807) is 0 Å². The maximum Gasteiger partial charge on any atom is 0.397 e. The molecule has 0 spiro atoms.